The number of aliphatic hydroxyl groups excluding tert-OH is 1. The molecule has 0 saturated carbocycles. The largest absolute Gasteiger partial charge is 0.462 e. The molecule has 1 N–H and O–H groups in total. The van der Waals surface area contributed by atoms with E-state index in [9.17, 15) is 14.7 Å². The molecular formula is C61H108O5. The molecule has 1 atom stereocenters. The van der Waals surface area contributed by atoms with Crippen molar-refractivity contribution in [3.05, 3.63) is 72.9 Å². The van der Waals surface area contributed by atoms with Gasteiger partial charge in [-0.15, -0.1) is 0 Å². The fourth-order valence-corrected chi connectivity index (χ4v) is 8.24. The quantitative estimate of drug-likeness (QED) is 0.0374. The zero-order chi connectivity index (χ0) is 47.7. The summed E-state index contributed by atoms with van der Waals surface area (Å²) in [5.41, 5.74) is 0. The number of carbonyl (C=O) groups is 2. The van der Waals surface area contributed by atoms with Crippen LogP contribution in [0.25, 0.3) is 0 Å². The Hall–Kier alpha value is -2.66. The van der Waals surface area contributed by atoms with Crippen LogP contribution >= 0.6 is 0 Å². The number of carbonyl (C=O) groups excluding carboxylic acids is 2. The van der Waals surface area contributed by atoms with Crippen molar-refractivity contribution in [1.82, 2.24) is 0 Å². The van der Waals surface area contributed by atoms with Gasteiger partial charge >= 0.3 is 11.9 Å². The molecule has 0 fully saturated rings. The van der Waals surface area contributed by atoms with Gasteiger partial charge in [0.15, 0.2) is 6.10 Å². The Balaban J connectivity index is 3.45. The minimum atomic E-state index is -0.804. The highest BCUT2D eigenvalue weighted by molar-refractivity contribution is 5.70. The molecular weight excluding hydrogens is 813 g/mol. The first-order valence-corrected chi connectivity index (χ1v) is 28.5. The molecule has 5 heteroatoms. The SMILES string of the molecule is CC/C=C\C/C=C\C/C=C\C/C=C\C/C=C\CCCC(=O)OC(CO)COC(=O)CCCCCCCCCCCCCCCCCCCCCCCCC/C=C\CCCCCCCCCC. The Kier molecular flexibility index (Phi) is 54.4. The van der Waals surface area contributed by atoms with Gasteiger partial charge in [0.05, 0.1) is 6.61 Å². The Labute approximate surface area is 410 Å². The van der Waals surface area contributed by atoms with Gasteiger partial charge in [0.25, 0.3) is 0 Å². The molecule has 0 aromatic heterocycles. The van der Waals surface area contributed by atoms with Gasteiger partial charge in [-0.25, -0.2) is 0 Å². The van der Waals surface area contributed by atoms with Crippen molar-refractivity contribution in [3.8, 4) is 0 Å². The van der Waals surface area contributed by atoms with Crippen molar-refractivity contribution >= 4 is 11.9 Å². The van der Waals surface area contributed by atoms with Crippen molar-refractivity contribution in [2.75, 3.05) is 13.2 Å². The van der Waals surface area contributed by atoms with Crippen molar-refractivity contribution in [3.63, 3.8) is 0 Å². The van der Waals surface area contributed by atoms with Gasteiger partial charge in [-0.3, -0.25) is 9.59 Å². The van der Waals surface area contributed by atoms with Crippen LogP contribution in [0.2, 0.25) is 0 Å². The Morgan fingerprint density at radius 1 is 0.364 bits per heavy atom. The third kappa shape index (κ3) is 54.0. The van der Waals surface area contributed by atoms with E-state index in [0.717, 1.165) is 57.8 Å². The van der Waals surface area contributed by atoms with Crippen LogP contribution in [0.4, 0.5) is 0 Å². The second-order valence-corrected chi connectivity index (χ2v) is 19.0. The monoisotopic (exact) mass is 921 g/mol. The summed E-state index contributed by atoms with van der Waals surface area (Å²) in [5.74, 6) is -0.652. The summed E-state index contributed by atoms with van der Waals surface area (Å²) in [6.07, 6.45) is 77.6. The molecule has 0 saturated heterocycles. The van der Waals surface area contributed by atoms with Gasteiger partial charge in [0.1, 0.15) is 6.61 Å². The van der Waals surface area contributed by atoms with Crippen molar-refractivity contribution < 1.29 is 24.2 Å². The van der Waals surface area contributed by atoms with Crippen LogP contribution in [0.15, 0.2) is 72.9 Å². The molecule has 0 aromatic rings. The minimum Gasteiger partial charge on any atom is -0.462 e. The number of hydrogen-bond acceptors (Lipinski definition) is 5. The molecule has 1 unspecified atom stereocenters. The molecule has 0 aliphatic heterocycles. The van der Waals surface area contributed by atoms with E-state index >= 15 is 0 Å². The lowest BCUT2D eigenvalue weighted by Crippen LogP contribution is -2.28. The fraction of sp³-hybridized carbons (Fsp3) is 0.770. The van der Waals surface area contributed by atoms with E-state index < -0.39 is 6.10 Å². The molecule has 0 spiro atoms. The Morgan fingerprint density at radius 2 is 0.667 bits per heavy atom. The van der Waals surface area contributed by atoms with Crippen LogP contribution < -0.4 is 0 Å². The van der Waals surface area contributed by atoms with Crippen LogP contribution in [-0.2, 0) is 19.1 Å². The summed E-state index contributed by atoms with van der Waals surface area (Å²) in [7, 11) is 0. The maximum atomic E-state index is 12.2. The second kappa shape index (κ2) is 56.7. The van der Waals surface area contributed by atoms with E-state index in [1.807, 2.05) is 0 Å². The molecule has 0 radical (unpaired) electrons. The van der Waals surface area contributed by atoms with Gasteiger partial charge in [-0.2, -0.15) is 0 Å². The highest BCUT2D eigenvalue weighted by atomic mass is 16.6. The fourth-order valence-electron chi connectivity index (χ4n) is 8.24. The van der Waals surface area contributed by atoms with Gasteiger partial charge in [-0.05, 0) is 77.0 Å². The summed E-state index contributed by atoms with van der Waals surface area (Å²) in [6, 6.07) is 0. The first-order chi connectivity index (χ1) is 32.6. The predicted molar refractivity (Wildman–Crippen MR) is 288 cm³/mol. The van der Waals surface area contributed by atoms with E-state index in [4.69, 9.17) is 9.47 Å². The molecule has 0 rings (SSSR count). The van der Waals surface area contributed by atoms with Gasteiger partial charge < -0.3 is 14.6 Å². The summed E-state index contributed by atoms with van der Waals surface area (Å²) in [5, 5.41) is 9.62. The molecule has 0 amide bonds. The first-order valence-electron chi connectivity index (χ1n) is 28.5. The Morgan fingerprint density at radius 3 is 1.05 bits per heavy atom. The number of ether oxygens (including phenoxy) is 2. The maximum Gasteiger partial charge on any atom is 0.306 e. The van der Waals surface area contributed by atoms with Gasteiger partial charge in [-0.1, -0.05) is 267 Å². The average molecular weight is 922 g/mol. The summed E-state index contributed by atoms with van der Waals surface area (Å²) in [4.78, 5) is 24.4. The third-order valence-electron chi connectivity index (χ3n) is 12.5. The van der Waals surface area contributed by atoms with Crippen molar-refractivity contribution in [2.45, 2.75) is 290 Å². The lowest BCUT2D eigenvalue weighted by molar-refractivity contribution is -0.161. The van der Waals surface area contributed by atoms with E-state index in [0.29, 0.717) is 12.8 Å². The smallest absolute Gasteiger partial charge is 0.306 e. The van der Waals surface area contributed by atoms with Crippen LogP contribution in [-0.4, -0.2) is 36.4 Å². The van der Waals surface area contributed by atoms with E-state index in [2.05, 4.69) is 86.8 Å². The molecule has 0 heterocycles. The molecule has 5 nitrogen and oxygen atoms in total. The molecule has 382 valence electrons. The highest BCUT2D eigenvalue weighted by Gasteiger charge is 2.16. The van der Waals surface area contributed by atoms with Crippen molar-refractivity contribution in [2.24, 2.45) is 0 Å². The number of allylic oxidation sites excluding steroid dienone is 12. The summed E-state index contributed by atoms with van der Waals surface area (Å²) in [6.45, 7) is 4.00. The topological polar surface area (TPSA) is 72.8 Å². The van der Waals surface area contributed by atoms with Crippen LogP contribution in [0.5, 0.6) is 0 Å². The average Bonchev–Trinajstić information content (AvgIpc) is 3.32. The summed E-state index contributed by atoms with van der Waals surface area (Å²) < 4.78 is 10.6. The second-order valence-electron chi connectivity index (χ2n) is 19.0. The lowest BCUT2D eigenvalue weighted by Gasteiger charge is -2.15. The minimum absolute atomic E-state index is 0.0889. The number of unbranched alkanes of at least 4 members (excludes halogenated alkanes) is 32. The molecule has 0 aliphatic carbocycles. The maximum absolute atomic E-state index is 12.2. The number of aliphatic hydroxyl groups is 1. The number of hydrogen-bond donors (Lipinski definition) is 1. The summed E-state index contributed by atoms with van der Waals surface area (Å²) >= 11 is 0. The molecule has 0 aliphatic rings. The normalized spacial score (nSPS) is 12.7. The molecule has 66 heavy (non-hydrogen) atoms. The van der Waals surface area contributed by atoms with Gasteiger partial charge in [0.2, 0.25) is 0 Å². The van der Waals surface area contributed by atoms with Crippen molar-refractivity contribution in [1.29, 1.82) is 0 Å². The molecule has 0 aromatic carbocycles. The number of rotatable bonds is 52. The first kappa shape index (κ1) is 63.3. The van der Waals surface area contributed by atoms with Crippen LogP contribution in [0.1, 0.15) is 284 Å². The van der Waals surface area contributed by atoms with Crippen LogP contribution in [0.3, 0.4) is 0 Å². The number of esters is 2. The lowest BCUT2D eigenvalue weighted by atomic mass is 10.0. The van der Waals surface area contributed by atoms with E-state index in [-0.39, 0.29) is 31.6 Å². The highest BCUT2D eigenvalue weighted by Crippen LogP contribution is 2.17. The van der Waals surface area contributed by atoms with E-state index in [1.54, 1.807) is 0 Å². The Bertz CT molecular complexity index is 1180. The van der Waals surface area contributed by atoms with Gasteiger partial charge in [0, 0.05) is 12.8 Å². The third-order valence-corrected chi connectivity index (χ3v) is 12.5. The standard InChI is InChI=1S/C61H108O5/c1-3-5-7-9-11-13-15-17-19-21-22-23-24-25-26-27-28-29-30-31-32-33-34-35-36-37-38-40-41-43-45-47-49-51-53-55-60(63)65-58-59(57-62)66-61(64)56-54-52-50-48-46-44-42-39-20-18-16-14-12-10-8-6-4-2/h6,8,12,14,18,20-22,42,44,48,50,59,62H,3-5,7,9-11,13,15-17,19,23-41,43,45-47,49,51-58H2,1-2H3/b8-6-,14-12-,20-18-,22-21-,44-42-,50-48-. The predicted octanol–water partition coefficient (Wildman–Crippen LogP) is 19.2. The van der Waals surface area contributed by atoms with Crippen LogP contribution in [0, 0.1) is 0 Å². The zero-order valence-electron chi connectivity index (χ0n) is 43.7. The van der Waals surface area contributed by atoms with E-state index in [1.165, 1.54) is 193 Å². The zero-order valence-corrected chi connectivity index (χ0v) is 43.7. The molecule has 0 bridgehead atoms.